The first-order valence-electron chi connectivity index (χ1n) is 5.40. The monoisotopic (exact) mass is 196 g/mol. The number of nitrogens with two attached hydrogens (primary N) is 1. The molecular weight excluding hydrogens is 176 g/mol. The molecule has 0 spiro atoms. The lowest BCUT2D eigenvalue weighted by Gasteiger charge is -2.25. The molecule has 0 bridgehead atoms. The molecule has 0 aromatic carbocycles. The minimum Gasteiger partial charge on any atom is -0.339 e. The Balaban J connectivity index is 2.36. The van der Waals surface area contributed by atoms with Crippen LogP contribution in [0.15, 0.2) is 12.2 Å². The van der Waals surface area contributed by atoms with Crippen molar-refractivity contribution in [2.75, 3.05) is 19.6 Å². The Hall–Kier alpha value is -0.830. The van der Waals surface area contributed by atoms with E-state index in [2.05, 4.69) is 19.1 Å². The van der Waals surface area contributed by atoms with Crippen molar-refractivity contribution < 1.29 is 4.79 Å². The maximum atomic E-state index is 11.8. The second-order valence-corrected chi connectivity index (χ2v) is 3.81. The van der Waals surface area contributed by atoms with Crippen LogP contribution >= 0.6 is 0 Å². The van der Waals surface area contributed by atoms with Crippen LogP contribution < -0.4 is 5.73 Å². The molecule has 1 atom stereocenters. The summed E-state index contributed by atoms with van der Waals surface area (Å²) in [6, 6.07) is 0. The summed E-state index contributed by atoms with van der Waals surface area (Å²) >= 11 is 0. The summed E-state index contributed by atoms with van der Waals surface area (Å²) in [6.07, 6.45) is 6.78. The largest absolute Gasteiger partial charge is 0.339 e. The highest BCUT2D eigenvalue weighted by molar-refractivity contribution is 5.76. The summed E-state index contributed by atoms with van der Waals surface area (Å²) in [5.74, 6) is 0.611. The second-order valence-electron chi connectivity index (χ2n) is 3.81. The van der Waals surface area contributed by atoms with Gasteiger partial charge in [0.15, 0.2) is 0 Å². The Kier molecular flexibility index (Phi) is 4.66. The molecule has 1 rings (SSSR count). The van der Waals surface area contributed by atoms with Gasteiger partial charge in [0.2, 0.25) is 5.91 Å². The summed E-state index contributed by atoms with van der Waals surface area (Å²) in [6.45, 7) is 4.35. The van der Waals surface area contributed by atoms with Gasteiger partial charge in [-0.05, 0) is 18.9 Å². The average Bonchev–Trinajstić information content (AvgIpc) is 2.26. The average molecular weight is 196 g/mol. The predicted molar refractivity (Wildman–Crippen MR) is 57.8 cm³/mol. The molecular formula is C11H20N2O. The first-order valence-corrected chi connectivity index (χ1v) is 5.40. The molecule has 0 aromatic rings. The zero-order chi connectivity index (χ0) is 10.4. The van der Waals surface area contributed by atoms with Gasteiger partial charge in [-0.3, -0.25) is 4.79 Å². The van der Waals surface area contributed by atoms with Crippen LogP contribution in [0.2, 0.25) is 0 Å². The molecule has 1 heterocycles. The third-order valence-corrected chi connectivity index (χ3v) is 2.78. The Labute approximate surface area is 86.0 Å². The van der Waals surface area contributed by atoms with Gasteiger partial charge in [0.1, 0.15) is 0 Å². The van der Waals surface area contributed by atoms with Crippen molar-refractivity contribution in [1.82, 2.24) is 4.90 Å². The molecule has 3 nitrogen and oxygen atoms in total. The highest BCUT2D eigenvalue weighted by Crippen LogP contribution is 2.11. The first-order chi connectivity index (χ1) is 6.77. The van der Waals surface area contributed by atoms with Gasteiger partial charge in [-0.1, -0.05) is 25.5 Å². The standard InChI is InChI=1S/C11H20N2O/c1-2-10(9-12)8-11(14)13-6-4-3-5-7-13/h3-4,10H,2,5-9,12H2,1H3. The lowest BCUT2D eigenvalue weighted by atomic mass is 10.0. The number of rotatable bonds is 4. The predicted octanol–water partition coefficient (Wildman–Crippen LogP) is 1.15. The zero-order valence-electron chi connectivity index (χ0n) is 8.91. The normalized spacial score (nSPS) is 18.3. The van der Waals surface area contributed by atoms with Crippen molar-refractivity contribution in [3.05, 3.63) is 12.2 Å². The molecule has 0 radical (unpaired) electrons. The van der Waals surface area contributed by atoms with Gasteiger partial charge < -0.3 is 10.6 Å². The van der Waals surface area contributed by atoms with Crippen molar-refractivity contribution >= 4 is 5.91 Å². The summed E-state index contributed by atoms with van der Waals surface area (Å²) in [7, 11) is 0. The van der Waals surface area contributed by atoms with E-state index in [9.17, 15) is 4.79 Å². The van der Waals surface area contributed by atoms with Crippen LogP contribution in [0.5, 0.6) is 0 Å². The minimum atomic E-state index is 0.256. The van der Waals surface area contributed by atoms with Gasteiger partial charge >= 0.3 is 0 Å². The molecule has 2 N–H and O–H groups in total. The third kappa shape index (κ3) is 3.14. The van der Waals surface area contributed by atoms with Gasteiger partial charge in [0.25, 0.3) is 0 Å². The number of hydrogen-bond donors (Lipinski definition) is 1. The molecule has 0 fully saturated rings. The Bertz CT molecular complexity index is 209. The maximum absolute atomic E-state index is 11.8. The van der Waals surface area contributed by atoms with E-state index < -0.39 is 0 Å². The van der Waals surface area contributed by atoms with E-state index in [1.165, 1.54) is 0 Å². The lowest BCUT2D eigenvalue weighted by molar-refractivity contribution is -0.131. The van der Waals surface area contributed by atoms with E-state index in [0.29, 0.717) is 18.9 Å². The smallest absolute Gasteiger partial charge is 0.223 e. The van der Waals surface area contributed by atoms with Crippen LogP contribution in [0.1, 0.15) is 26.2 Å². The van der Waals surface area contributed by atoms with E-state index in [0.717, 1.165) is 25.9 Å². The molecule has 1 amide bonds. The van der Waals surface area contributed by atoms with Crippen molar-refractivity contribution in [1.29, 1.82) is 0 Å². The van der Waals surface area contributed by atoms with Gasteiger partial charge in [-0.2, -0.15) is 0 Å². The number of amides is 1. The minimum absolute atomic E-state index is 0.256. The fourth-order valence-corrected chi connectivity index (χ4v) is 1.64. The number of carbonyl (C=O) groups excluding carboxylic acids is 1. The van der Waals surface area contributed by atoms with E-state index in [4.69, 9.17) is 5.73 Å². The number of carbonyl (C=O) groups is 1. The Morgan fingerprint density at radius 1 is 1.57 bits per heavy atom. The number of nitrogens with zero attached hydrogens (tertiary/aromatic N) is 1. The molecule has 14 heavy (non-hydrogen) atoms. The molecule has 0 aliphatic carbocycles. The van der Waals surface area contributed by atoms with Gasteiger partial charge in [-0.25, -0.2) is 0 Å². The molecule has 80 valence electrons. The summed E-state index contributed by atoms with van der Waals surface area (Å²) in [5, 5.41) is 0. The third-order valence-electron chi connectivity index (χ3n) is 2.78. The van der Waals surface area contributed by atoms with Crippen molar-refractivity contribution in [3.8, 4) is 0 Å². The zero-order valence-corrected chi connectivity index (χ0v) is 8.91. The van der Waals surface area contributed by atoms with Crippen LogP contribution in [-0.2, 0) is 4.79 Å². The van der Waals surface area contributed by atoms with Crippen LogP contribution in [0.25, 0.3) is 0 Å². The van der Waals surface area contributed by atoms with Crippen LogP contribution in [0.3, 0.4) is 0 Å². The molecule has 1 unspecified atom stereocenters. The fraction of sp³-hybridized carbons (Fsp3) is 0.727. The second kappa shape index (κ2) is 5.81. The maximum Gasteiger partial charge on any atom is 0.223 e. The lowest BCUT2D eigenvalue weighted by Crippen LogP contribution is -2.35. The molecule has 1 aliphatic heterocycles. The van der Waals surface area contributed by atoms with Crippen LogP contribution in [-0.4, -0.2) is 30.4 Å². The van der Waals surface area contributed by atoms with Crippen molar-refractivity contribution in [3.63, 3.8) is 0 Å². The summed E-state index contributed by atoms with van der Waals surface area (Å²) < 4.78 is 0. The summed E-state index contributed by atoms with van der Waals surface area (Å²) in [5.41, 5.74) is 5.58. The molecule has 1 aliphatic rings. The van der Waals surface area contributed by atoms with Crippen molar-refractivity contribution in [2.45, 2.75) is 26.2 Å². The Morgan fingerprint density at radius 3 is 2.86 bits per heavy atom. The highest BCUT2D eigenvalue weighted by Gasteiger charge is 2.17. The highest BCUT2D eigenvalue weighted by atomic mass is 16.2. The van der Waals surface area contributed by atoms with Crippen LogP contribution in [0, 0.1) is 5.92 Å². The van der Waals surface area contributed by atoms with E-state index in [1.54, 1.807) is 0 Å². The molecule has 0 aromatic heterocycles. The van der Waals surface area contributed by atoms with Gasteiger partial charge in [0.05, 0.1) is 0 Å². The topological polar surface area (TPSA) is 46.3 Å². The quantitative estimate of drug-likeness (QED) is 0.686. The molecule has 3 heteroatoms. The van der Waals surface area contributed by atoms with E-state index >= 15 is 0 Å². The SMILES string of the molecule is CCC(CN)CC(=O)N1CC=CCC1. The Morgan fingerprint density at radius 2 is 2.36 bits per heavy atom. The molecule has 0 saturated carbocycles. The molecule has 0 saturated heterocycles. The van der Waals surface area contributed by atoms with Crippen LogP contribution in [0.4, 0.5) is 0 Å². The van der Waals surface area contributed by atoms with E-state index in [1.807, 2.05) is 4.90 Å². The fourth-order valence-electron chi connectivity index (χ4n) is 1.64. The number of hydrogen-bond acceptors (Lipinski definition) is 2. The van der Waals surface area contributed by atoms with Gasteiger partial charge in [0, 0.05) is 19.5 Å². The van der Waals surface area contributed by atoms with E-state index in [-0.39, 0.29) is 5.91 Å². The van der Waals surface area contributed by atoms with Gasteiger partial charge in [-0.15, -0.1) is 0 Å². The summed E-state index contributed by atoms with van der Waals surface area (Å²) in [4.78, 5) is 13.7. The van der Waals surface area contributed by atoms with Crippen molar-refractivity contribution in [2.24, 2.45) is 11.7 Å². The first kappa shape index (κ1) is 11.2.